The molecule has 2 heterocycles. The molecule has 3 aromatic carbocycles. The van der Waals surface area contributed by atoms with Crippen molar-refractivity contribution in [3.63, 3.8) is 0 Å². The van der Waals surface area contributed by atoms with Crippen molar-refractivity contribution in [2.75, 3.05) is 12.0 Å². The van der Waals surface area contributed by atoms with Gasteiger partial charge in [0.05, 0.1) is 12.8 Å². The van der Waals surface area contributed by atoms with Crippen LogP contribution in [0.4, 0.5) is 5.69 Å². The first kappa shape index (κ1) is 20.7. The minimum atomic E-state index is -0.527. The van der Waals surface area contributed by atoms with E-state index in [-0.39, 0.29) is 10.7 Å². The van der Waals surface area contributed by atoms with E-state index >= 15 is 0 Å². The first-order valence-electron chi connectivity index (χ1n) is 10.3. The van der Waals surface area contributed by atoms with Crippen molar-refractivity contribution in [3.8, 4) is 11.4 Å². The van der Waals surface area contributed by atoms with E-state index in [2.05, 4.69) is 17.4 Å². The lowest BCUT2D eigenvalue weighted by atomic mass is 10.1. The number of aromatic nitrogens is 1. The van der Waals surface area contributed by atoms with E-state index in [0.29, 0.717) is 17.1 Å². The molecule has 0 bridgehead atoms. The Kier molecular flexibility index (Phi) is 5.24. The number of ether oxygens (including phenoxy) is 1. The molecule has 1 fully saturated rings. The van der Waals surface area contributed by atoms with Crippen molar-refractivity contribution in [3.05, 3.63) is 96.3 Å². The molecule has 1 aliphatic rings. The fraction of sp³-hybridized carbons (Fsp3) is 0.0385. The number of thiocarbonyl (C=S) groups is 1. The molecule has 0 atom stereocenters. The number of methoxy groups -OCH3 is 1. The Labute approximate surface area is 195 Å². The Morgan fingerprint density at radius 2 is 1.61 bits per heavy atom. The van der Waals surface area contributed by atoms with Crippen molar-refractivity contribution < 1.29 is 14.3 Å². The average molecular weight is 454 g/mol. The zero-order valence-electron chi connectivity index (χ0n) is 17.7. The highest BCUT2D eigenvalue weighted by molar-refractivity contribution is 7.80. The van der Waals surface area contributed by atoms with Crippen LogP contribution < -0.4 is 15.0 Å². The lowest BCUT2D eigenvalue weighted by Gasteiger charge is -2.29. The van der Waals surface area contributed by atoms with Crippen molar-refractivity contribution in [2.45, 2.75) is 0 Å². The second-order valence-electron chi connectivity index (χ2n) is 7.49. The Bertz CT molecular complexity index is 1440. The molecular weight excluding hydrogens is 434 g/mol. The highest BCUT2D eigenvalue weighted by Gasteiger charge is 2.34. The summed E-state index contributed by atoms with van der Waals surface area (Å²) in [5.74, 6) is -0.358. The molecule has 162 valence electrons. The van der Waals surface area contributed by atoms with E-state index in [1.165, 1.54) is 4.90 Å². The van der Waals surface area contributed by atoms with Crippen LogP contribution in [0.1, 0.15) is 5.69 Å². The van der Waals surface area contributed by atoms with Crippen LogP contribution in [-0.4, -0.2) is 28.6 Å². The van der Waals surface area contributed by atoms with E-state index in [1.807, 2.05) is 53.2 Å². The first-order valence-corrected chi connectivity index (χ1v) is 10.7. The largest absolute Gasteiger partial charge is 0.497 e. The van der Waals surface area contributed by atoms with E-state index in [9.17, 15) is 9.59 Å². The second-order valence-corrected chi connectivity index (χ2v) is 7.88. The number of nitrogens with one attached hydrogen (secondary N) is 1. The van der Waals surface area contributed by atoms with Crippen LogP contribution in [0.15, 0.2) is 90.6 Å². The van der Waals surface area contributed by atoms with Crippen molar-refractivity contribution >= 4 is 51.7 Å². The number of amides is 2. The average Bonchev–Trinajstić information content (AvgIpc) is 3.30. The van der Waals surface area contributed by atoms with E-state index in [0.717, 1.165) is 16.5 Å². The van der Waals surface area contributed by atoms with Gasteiger partial charge in [-0.05, 0) is 77.6 Å². The lowest BCUT2D eigenvalue weighted by molar-refractivity contribution is -0.122. The number of rotatable bonds is 4. The number of carbonyl (C=O) groups is 2. The number of carbonyl (C=O) groups excluding carboxylic acids is 2. The minimum absolute atomic E-state index is 0.000146. The third-order valence-electron chi connectivity index (χ3n) is 5.52. The maximum atomic E-state index is 13.3. The molecule has 0 unspecified atom stereocenters. The maximum absolute atomic E-state index is 13.3. The molecule has 1 aromatic heterocycles. The molecule has 1 N–H and O–H groups in total. The fourth-order valence-electron chi connectivity index (χ4n) is 3.84. The Hall–Kier alpha value is -4.23. The molecule has 5 rings (SSSR count). The van der Waals surface area contributed by atoms with Gasteiger partial charge in [-0.25, -0.2) is 0 Å². The maximum Gasteiger partial charge on any atom is 0.270 e. The monoisotopic (exact) mass is 453 g/mol. The molecule has 0 spiro atoms. The van der Waals surface area contributed by atoms with Crippen molar-refractivity contribution in [1.29, 1.82) is 0 Å². The van der Waals surface area contributed by atoms with Crippen LogP contribution in [0.3, 0.4) is 0 Å². The number of hydrogen-bond acceptors (Lipinski definition) is 4. The number of hydrogen-bond donors (Lipinski definition) is 1. The molecule has 0 aliphatic carbocycles. The van der Waals surface area contributed by atoms with Gasteiger partial charge in [-0.15, -0.1) is 0 Å². The molecule has 7 heteroatoms. The van der Waals surface area contributed by atoms with Gasteiger partial charge in [0.2, 0.25) is 0 Å². The van der Waals surface area contributed by atoms with Gasteiger partial charge in [-0.3, -0.25) is 19.8 Å². The zero-order chi connectivity index (χ0) is 22.9. The fourth-order valence-corrected chi connectivity index (χ4v) is 4.13. The molecule has 0 radical (unpaired) electrons. The molecule has 1 aliphatic heterocycles. The molecule has 2 amide bonds. The minimum Gasteiger partial charge on any atom is -0.497 e. The van der Waals surface area contributed by atoms with Crippen LogP contribution in [0.25, 0.3) is 22.5 Å². The third kappa shape index (κ3) is 3.79. The quantitative estimate of drug-likeness (QED) is 0.281. The third-order valence-corrected chi connectivity index (χ3v) is 5.80. The molecule has 33 heavy (non-hydrogen) atoms. The topological polar surface area (TPSA) is 63.6 Å². The summed E-state index contributed by atoms with van der Waals surface area (Å²) in [6.45, 7) is 0. The zero-order valence-corrected chi connectivity index (χ0v) is 18.5. The van der Waals surface area contributed by atoms with Gasteiger partial charge in [0.25, 0.3) is 11.8 Å². The van der Waals surface area contributed by atoms with Gasteiger partial charge in [0.1, 0.15) is 11.3 Å². The van der Waals surface area contributed by atoms with Crippen LogP contribution in [0, 0.1) is 0 Å². The van der Waals surface area contributed by atoms with Gasteiger partial charge in [0.15, 0.2) is 5.11 Å². The van der Waals surface area contributed by atoms with Gasteiger partial charge in [-0.2, -0.15) is 0 Å². The van der Waals surface area contributed by atoms with Gasteiger partial charge in [-0.1, -0.05) is 30.3 Å². The van der Waals surface area contributed by atoms with Crippen LogP contribution >= 0.6 is 12.2 Å². The van der Waals surface area contributed by atoms with Gasteiger partial charge >= 0.3 is 0 Å². The lowest BCUT2D eigenvalue weighted by Crippen LogP contribution is -2.54. The van der Waals surface area contributed by atoms with Crippen molar-refractivity contribution in [2.24, 2.45) is 0 Å². The molecule has 4 aromatic rings. The molecule has 6 nitrogen and oxygen atoms in total. The highest BCUT2D eigenvalue weighted by Crippen LogP contribution is 2.26. The summed E-state index contributed by atoms with van der Waals surface area (Å²) in [5.41, 5.74) is 2.17. The predicted octanol–water partition coefficient (Wildman–Crippen LogP) is 4.47. The number of nitrogens with zero attached hydrogens (tertiary/aromatic N) is 2. The summed E-state index contributed by atoms with van der Waals surface area (Å²) in [6.07, 6.45) is 3.48. The summed E-state index contributed by atoms with van der Waals surface area (Å²) < 4.78 is 7.12. The summed E-state index contributed by atoms with van der Waals surface area (Å²) in [5, 5.41) is 4.90. The molecule has 0 saturated carbocycles. The number of fused-ring (bicyclic) bond motifs is 1. The van der Waals surface area contributed by atoms with E-state index in [4.69, 9.17) is 17.0 Å². The normalized spacial score (nSPS) is 15.2. The SMILES string of the molecule is COc1ccc(N2C(=O)/C(=C\c3cccn3-c3ccc4ccccc4c3)C(=O)NC2=S)cc1. The highest BCUT2D eigenvalue weighted by atomic mass is 32.1. The van der Waals surface area contributed by atoms with E-state index in [1.54, 1.807) is 37.5 Å². The number of benzene rings is 3. The summed E-state index contributed by atoms with van der Waals surface area (Å²) in [7, 11) is 1.57. The van der Waals surface area contributed by atoms with Crippen molar-refractivity contribution in [1.82, 2.24) is 9.88 Å². The number of anilines is 1. The summed E-state index contributed by atoms with van der Waals surface area (Å²) in [6, 6.07) is 24.8. The van der Waals surface area contributed by atoms with Gasteiger partial charge in [0, 0.05) is 17.6 Å². The van der Waals surface area contributed by atoms with Gasteiger partial charge < -0.3 is 9.30 Å². The second kappa shape index (κ2) is 8.37. The standard InChI is InChI=1S/C26H19N3O3S/c1-32-22-12-10-19(11-13-22)29-25(31)23(24(30)27-26(29)33)16-20-7-4-14-28(20)21-9-8-17-5-2-3-6-18(17)15-21/h2-16H,1H3,(H,27,30,33)/b23-16-. The van der Waals surface area contributed by atoms with Crippen LogP contribution in [0.5, 0.6) is 5.75 Å². The van der Waals surface area contributed by atoms with E-state index < -0.39 is 11.8 Å². The molecular formula is C26H19N3O3S. The summed E-state index contributed by atoms with van der Waals surface area (Å²) in [4.78, 5) is 27.3. The molecule has 1 saturated heterocycles. The smallest absolute Gasteiger partial charge is 0.270 e. The Balaban J connectivity index is 1.53. The Morgan fingerprint density at radius 3 is 2.36 bits per heavy atom. The predicted molar refractivity (Wildman–Crippen MR) is 132 cm³/mol. The van der Waals surface area contributed by atoms with Crippen LogP contribution in [-0.2, 0) is 9.59 Å². The summed E-state index contributed by atoms with van der Waals surface area (Å²) >= 11 is 5.28. The first-order chi connectivity index (χ1) is 16.0. The Morgan fingerprint density at radius 1 is 0.879 bits per heavy atom. The van der Waals surface area contributed by atoms with Crippen LogP contribution in [0.2, 0.25) is 0 Å².